The van der Waals surface area contributed by atoms with Crippen LogP contribution >= 0.6 is 23.2 Å². The summed E-state index contributed by atoms with van der Waals surface area (Å²) >= 11 is 11.5. The molecule has 6 heteroatoms. The molecule has 2 rings (SSSR count). The normalized spacial score (nSPS) is 9.90. The fraction of sp³-hybridized carbons (Fsp3) is 0. The van der Waals surface area contributed by atoms with E-state index in [1.54, 1.807) is 0 Å². The molecule has 0 spiro atoms. The highest BCUT2D eigenvalue weighted by Gasteiger charge is 2.14. The van der Waals surface area contributed by atoms with Crippen LogP contribution in [0.5, 0.6) is 0 Å². The van der Waals surface area contributed by atoms with Crippen LogP contribution in [0.3, 0.4) is 0 Å². The van der Waals surface area contributed by atoms with Gasteiger partial charge in [-0.15, -0.1) is 0 Å². The number of nitrogens with zero attached hydrogens (tertiary/aromatic N) is 1. The molecule has 100 valence electrons. The smallest absolute Gasteiger partial charge is 0.258 e. The van der Waals surface area contributed by atoms with Crippen molar-refractivity contribution < 1.29 is 9.18 Å². The molecule has 3 nitrogen and oxygen atoms in total. The van der Waals surface area contributed by atoms with Crippen molar-refractivity contribution in [2.75, 3.05) is 5.32 Å². The van der Waals surface area contributed by atoms with E-state index in [9.17, 15) is 9.18 Å². The fourth-order valence-electron chi connectivity index (χ4n) is 1.58. The third-order valence-corrected chi connectivity index (χ3v) is 2.99. The fourth-order valence-corrected chi connectivity index (χ4v) is 1.92. The van der Waals surface area contributed by atoms with Crippen LogP contribution in [0, 0.1) is 17.1 Å². The molecule has 2 aromatic carbocycles. The summed E-state index contributed by atoms with van der Waals surface area (Å²) in [5, 5.41) is 12.0. The summed E-state index contributed by atoms with van der Waals surface area (Å²) in [6.45, 7) is 0. The Bertz CT molecular complexity index is 726. The summed E-state index contributed by atoms with van der Waals surface area (Å²) in [7, 11) is 0. The van der Waals surface area contributed by atoms with Gasteiger partial charge in [0, 0.05) is 10.0 Å². The highest BCUT2D eigenvalue weighted by molar-refractivity contribution is 6.31. The van der Waals surface area contributed by atoms with Crippen LogP contribution in [-0.2, 0) is 0 Å². The van der Waals surface area contributed by atoms with Crippen LogP contribution in [0.4, 0.5) is 10.1 Å². The first-order valence-electron chi connectivity index (χ1n) is 5.47. The lowest BCUT2D eigenvalue weighted by Gasteiger charge is -2.08. The van der Waals surface area contributed by atoms with Crippen molar-refractivity contribution in [3.63, 3.8) is 0 Å². The largest absolute Gasteiger partial charge is 0.321 e. The molecule has 0 aliphatic heterocycles. The number of benzene rings is 2. The van der Waals surface area contributed by atoms with Crippen molar-refractivity contribution >= 4 is 34.8 Å². The van der Waals surface area contributed by atoms with E-state index in [0.717, 1.165) is 6.07 Å². The second-order valence-electron chi connectivity index (χ2n) is 3.88. The van der Waals surface area contributed by atoms with Crippen LogP contribution in [0.15, 0.2) is 36.4 Å². The van der Waals surface area contributed by atoms with Crippen molar-refractivity contribution in [1.29, 1.82) is 5.26 Å². The third kappa shape index (κ3) is 3.08. The van der Waals surface area contributed by atoms with E-state index < -0.39 is 11.7 Å². The number of hydrogen-bond donors (Lipinski definition) is 1. The van der Waals surface area contributed by atoms with Crippen LogP contribution in [0.2, 0.25) is 10.0 Å². The monoisotopic (exact) mass is 308 g/mol. The topological polar surface area (TPSA) is 52.9 Å². The van der Waals surface area contributed by atoms with E-state index in [1.807, 2.05) is 6.07 Å². The van der Waals surface area contributed by atoms with E-state index in [2.05, 4.69) is 5.32 Å². The molecule has 0 bridgehead atoms. The molecule has 1 amide bonds. The summed E-state index contributed by atoms with van der Waals surface area (Å²) < 4.78 is 13.6. The van der Waals surface area contributed by atoms with Crippen LogP contribution < -0.4 is 5.32 Å². The Balaban J connectivity index is 2.35. The Hall–Kier alpha value is -2.09. The van der Waals surface area contributed by atoms with Crippen molar-refractivity contribution in [1.82, 2.24) is 0 Å². The molecule has 20 heavy (non-hydrogen) atoms. The number of hydrogen-bond acceptors (Lipinski definition) is 2. The number of nitriles is 1. The Morgan fingerprint density at radius 3 is 2.50 bits per heavy atom. The van der Waals surface area contributed by atoms with Crippen LogP contribution in [0.25, 0.3) is 0 Å². The molecular weight excluding hydrogens is 302 g/mol. The van der Waals surface area contributed by atoms with E-state index in [1.165, 1.54) is 30.3 Å². The molecule has 2 aromatic rings. The Morgan fingerprint density at radius 2 is 1.80 bits per heavy atom. The Labute approximate surface area is 124 Å². The summed E-state index contributed by atoms with van der Waals surface area (Å²) in [5.41, 5.74) is 0.232. The lowest BCUT2D eigenvalue weighted by molar-refractivity contribution is 0.102. The molecule has 0 fully saturated rings. The maximum absolute atomic E-state index is 13.6. The van der Waals surface area contributed by atoms with Gasteiger partial charge in [-0.2, -0.15) is 5.26 Å². The quantitative estimate of drug-likeness (QED) is 0.901. The molecule has 0 aliphatic carbocycles. The molecule has 0 aliphatic rings. The molecule has 1 N–H and O–H groups in total. The molecule has 0 radical (unpaired) electrons. The highest BCUT2D eigenvalue weighted by atomic mass is 35.5. The first-order valence-corrected chi connectivity index (χ1v) is 6.23. The predicted octanol–water partition coefficient (Wildman–Crippen LogP) is 4.26. The second-order valence-corrected chi connectivity index (χ2v) is 4.75. The summed E-state index contributed by atoms with van der Waals surface area (Å²) in [6.07, 6.45) is 0. The molecule has 0 unspecified atom stereocenters. The maximum Gasteiger partial charge on any atom is 0.258 e. The highest BCUT2D eigenvalue weighted by Crippen LogP contribution is 2.22. The summed E-state index contributed by atoms with van der Waals surface area (Å²) in [4.78, 5) is 12.0. The standard InChI is InChI=1S/C14H7Cl2FN2O/c15-9-3-4-12(17)11(5-9)14(20)19-13-6-10(16)2-1-8(13)7-18/h1-6H,(H,19,20). The minimum atomic E-state index is -0.705. The minimum Gasteiger partial charge on any atom is -0.321 e. The zero-order valence-electron chi connectivity index (χ0n) is 9.95. The van der Waals surface area contributed by atoms with Gasteiger partial charge in [0.25, 0.3) is 5.91 Å². The molecular formula is C14H7Cl2FN2O. The van der Waals surface area contributed by atoms with Crippen LogP contribution in [-0.4, -0.2) is 5.91 Å². The van der Waals surface area contributed by atoms with Gasteiger partial charge < -0.3 is 5.32 Å². The zero-order chi connectivity index (χ0) is 14.7. The molecule has 0 heterocycles. The SMILES string of the molecule is N#Cc1ccc(Cl)cc1NC(=O)c1cc(Cl)ccc1F. The van der Waals surface area contributed by atoms with Gasteiger partial charge in [0.15, 0.2) is 0 Å². The number of halogens is 3. The number of nitrogens with one attached hydrogen (secondary N) is 1. The van der Waals surface area contributed by atoms with E-state index >= 15 is 0 Å². The van der Waals surface area contributed by atoms with Gasteiger partial charge in [-0.1, -0.05) is 23.2 Å². The first kappa shape index (κ1) is 14.3. The summed E-state index contributed by atoms with van der Waals surface area (Å²) in [5.74, 6) is -1.41. The van der Waals surface area contributed by atoms with Crippen molar-refractivity contribution in [2.45, 2.75) is 0 Å². The van der Waals surface area contributed by atoms with Gasteiger partial charge in [-0.25, -0.2) is 4.39 Å². The number of carbonyl (C=O) groups excluding carboxylic acids is 1. The first-order chi connectivity index (χ1) is 9.51. The Morgan fingerprint density at radius 1 is 1.15 bits per heavy atom. The zero-order valence-corrected chi connectivity index (χ0v) is 11.5. The number of carbonyl (C=O) groups is 1. The van der Waals surface area contributed by atoms with Crippen molar-refractivity contribution in [2.24, 2.45) is 0 Å². The molecule has 0 saturated heterocycles. The number of rotatable bonds is 2. The predicted molar refractivity (Wildman–Crippen MR) is 75.5 cm³/mol. The summed E-state index contributed by atoms with van der Waals surface area (Å²) in [6, 6.07) is 9.97. The van der Waals surface area contributed by atoms with E-state index in [-0.39, 0.29) is 21.8 Å². The van der Waals surface area contributed by atoms with E-state index in [0.29, 0.717) is 5.02 Å². The number of anilines is 1. The lowest BCUT2D eigenvalue weighted by Crippen LogP contribution is -2.14. The lowest BCUT2D eigenvalue weighted by atomic mass is 10.1. The molecule has 0 atom stereocenters. The number of amides is 1. The average molecular weight is 309 g/mol. The molecule has 0 aromatic heterocycles. The average Bonchev–Trinajstić information content (AvgIpc) is 2.41. The van der Waals surface area contributed by atoms with Gasteiger partial charge in [0.2, 0.25) is 0 Å². The van der Waals surface area contributed by atoms with Crippen LogP contribution in [0.1, 0.15) is 15.9 Å². The van der Waals surface area contributed by atoms with Gasteiger partial charge in [-0.3, -0.25) is 4.79 Å². The maximum atomic E-state index is 13.6. The van der Waals surface area contributed by atoms with Gasteiger partial charge >= 0.3 is 0 Å². The second kappa shape index (κ2) is 5.91. The Kier molecular flexibility index (Phi) is 4.23. The van der Waals surface area contributed by atoms with Gasteiger partial charge in [0.05, 0.1) is 16.8 Å². The van der Waals surface area contributed by atoms with Crippen molar-refractivity contribution in [3.8, 4) is 6.07 Å². The van der Waals surface area contributed by atoms with Gasteiger partial charge in [-0.05, 0) is 36.4 Å². The molecule has 0 saturated carbocycles. The van der Waals surface area contributed by atoms with Gasteiger partial charge in [0.1, 0.15) is 11.9 Å². The minimum absolute atomic E-state index is 0.207. The van der Waals surface area contributed by atoms with Crippen molar-refractivity contribution in [3.05, 3.63) is 63.4 Å². The van der Waals surface area contributed by atoms with E-state index in [4.69, 9.17) is 28.5 Å². The third-order valence-electron chi connectivity index (χ3n) is 2.52.